The average molecular weight is 396 g/mol. The van der Waals surface area contributed by atoms with Gasteiger partial charge in [-0.1, -0.05) is 6.07 Å². The first-order valence-electron chi connectivity index (χ1n) is 8.77. The summed E-state index contributed by atoms with van der Waals surface area (Å²) in [7, 11) is -3.33. The first-order chi connectivity index (χ1) is 12.7. The maximum Gasteiger partial charge on any atom is 0.409 e. The number of hydrogen-bond acceptors (Lipinski definition) is 6. The molecule has 2 heterocycles. The first-order valence-corrected chi connectivity index (χ1v) is 10.7. The Bertz CT molecular complexity index is 849. The number of carbonyl (C=O) groups excluding carboxylic acids is 2. The lowest BCUT2D eigenvalue weighted by molar-refractivity contribution is -0.140. The summed E-state index contributed by atoms with van der Waals surface area (Å²) >= 11 is 0. The van der Waals surface area contributed by atoms with Crippen LogP contribution in [0.1, 0.15) is 24.0 Å². The number of amides is 2. The molecule has 1 aromatic carbocycles. The van der Waals surface area contributed by atoms with Gasteiger partial charge in [0.1, 0.15) is 5.75 Å². The molecule has 0 bridgehead atoms. The third-order valence-electron chi connectivity index (χ3n) is 5.07. The minimum Gasteiger partial charge on any atom is -0.410 e. The molecule has 0 aliphatic carbocycles. The molecule has 0 radical (unpaired) electrons. The van der Waals surface area contributed by atoms with Gasteiger partial charge in [-0.15, -0.1) is 0 Å². The van der Waals surface area contributed by atoms with Gasteiger partial charge in [0, 0.05) is 19.6 Å². The number of hydrogen-bond donors (Lipinski definition) is 3. The van der Waals surface area contributed by atoms with Crippen molar-refractivity contribution in [2.45, 2.75) is 24.8 Å². The van der Waals surface area contributed by atoms with Crippen molar-refractivity contribution in [2.24, 2.45) is 5.73 Å². The van der Waals surface area contributed by atoms with Crippen molar-refractivity contribution in [3.8, 4) is 5.75 Å². The smallest absolute Gasteiger partial charge is 0.409 e. The molecule has 1 fully saturated rings. The van der Waals surface area contributed by atoms with E-state index in [0.29, 0.717) is 25.1 Å². The van der Waals surface area contributed by atoms with Crippen LogP contribution >= 0.6 is 0 Å². The number of primary amides is 1. The van der Waals surface area contributed by atoms with Crippen molar-refractivity contribution in [1.29, 1.82) is 0 Å². The van der Waals surface area contributed by atoms with Gasteiger partial charge in [-0.05, 0) is 49.2 Å². The van der Waals surface area contributed by atoms with Gasteiger partial charge in [-0.25, -0.2) is 17.9 Å². The summed E-state index contributed by atoms with van der Waals surface area (Å²) < 4.78 is 30.0. The van der Waals surface area contributed by atoms with Gasteiger partial charge in [-0.2, -0.15) is 0 Å². The third-order valence-corrected chi connectivity index (χ3v) is 5.80. The zero-order valence-electron chi connectivity index (χ0n) is 15.2. The van der Waals surface area contributed by atoms with Crippen LogP contribution in [0.25, 0.3) is 0 Å². The Morgan fingerprint density at radius 3 is 2.70 bits per heavy atom. The van der Waals surface area contributed by atoms with E-state index in [1.807, 2.05) is 6.07 Å². The van der Waals surface area contributed by atoms with Crippen molar-refractivity contribution in [3.63, 3.8) is 0 Å². The number of sulfonamides is 1. The molecule has 148 valence electrons. The fourth-order valence-electron chi connectivity index (χ4n) is 3.93. The van der Waals surface area contributed by atoms with E-state index < -0.39 is 21.5 Å². The Morgan fingerprint density at radius 2 is 2.07 bits per heavy atom. The van der Waals surface area contributed by atoms with E-state index >= 15 is 0 Å². The second kappa shape index (κ2) is 7.45. The van der Waals surface area contributed by atoms with Crippen molar-refractivity contribution < 1.29 is 22.7 Å². The van der Waals surface area contributed by atoms with Gasteiger partial charge < -0.3 is 20.7 Å². The van der Waals surface area contributed by atoms with Crippen LogP contribution in [-0.4, -0.2) is 57.8 Å². The highest BCUT2D eigenvalue weighted by Gasteiger charge is 2.47. The van der Waals surface area contributed by atoms with Gasteiger partial charge >= 0.3 is 6.09 Å². The second-order valence-electron chi connectivity index (χ2n) is 6.97. The van der Waals surface area contributed by atoms with E-state index in [1.165, 1.54) is 0 Å². The monoisotopic (exact) mass is 396 g/mol. The topological polar surface area (TPSA) is 131 Å². The molecule has 2 amide bonds. The number of nitrogens with zero attached hydrogens (tertiary/aromatic N) is 1. The molecule has 0 aromatic heterocycles. The Kier molecular flexibility index (Phi) is 5.41. The highest BCUT2D eigenvalue weighted by Crippen LogP contribution is 2.42. The number of rotatable bonds is 5. The molecule has 27 heavy (non-hydrogen) atoms. The highest BCUT2D eigenvalue weighted by atomic mass is 32.2. The molecule has 1 saturated heterocycles. The summed E-state index contributed by atoms with van der Waals surface area (Å²) in [5, 5.41) is 3.27. The summed E-state index contributed by atoms with van der Waals surface area (Å²) in [6.07, 6.45) is 1.50. The zero-order chi connectivity index (χ0) is 19.7. The van der Waals surface area contributed by atoms with Gasteiger partial charge in [0.25, 0.3) is 0 Å². The van der Waals surface area contributed by atoms with Crippen molar-refractivity contribution >= 4 is 22.0 Å². The Balaban J connectivity index is 1.92. The fraction of sp³-hybridized carbons (Fsp3) is 0.529. The number of carbonyl (C=O) groups is 2. The summed E-state index contributed by atoms with van der Waals surface area (Å²) in [6.45, 7) is 2.18. The molecular formula is C17H24N4O5S. The highest BCUT2D eigenvalue weighted by molar-refractivity contribution is 7.88. The number of fused-ring (bicyclic) bond motifs is 2. The van der Waals surface area contributed by atoms with Gasteiger partial charge in [0.2, 0.25) is 15.9 Å². The van der Waals surface area contributed by atoms with E-state index in [-0.39, 0.29) is 19.0 Å². The SMILES string of the molecule is CS(=O)(=O)NCCN1Cc2cc(OC(N)=O)ccc2C2(CCNCC2)C1=O. The first kappa shape index (κ1) is 19.6. The van der Waals surface area contributed by atoms with Crippen LogP contribution in [0.4, 0.5) is 4.79 Å². The molecule has 9 nitrogen and oxygen atoms in total. The quantitative estimate of drug-likeness (QED) is 0.624. The molecule has 10 heteroatoms. The Hall–Kier alpha value is -2.17. The van der Waals surface area contributed by atoms with E-state index in [4.69, 9.17) is 10.5 Å². The van der Waals surface area contributed by atoms with E-state index in [1.54, 1.807) is 17.0 Å². The third kappa shape index (κ3) is 4.23. The van der Waals surface area contributed by atoms with Crippen LogP contribution in [0.3, 0.4) is 0 Å². The van der Waals surface area contributed by atoms with Crippen LogP contribution in [0.15, 0.2) is 18.2 Å². The molecule has 0 unspecified atom stereocenters. The van der Waals surface area contributed by atoms with E-state index in [2.05, 4.69) is 10.0 Å². The van der Waals surface area contributed by atoms with E-state index in [0.717, 1.165) is 30.5 Å². The van der Waals surface area contributed by atoms with Crippen LogP contribution < -0.4 is 20.5 Å². The lowest BCUT2D eigenvalue weighted by Gasteiger charge is -2.45. The average Bonchev–Trinajstić information content (AvgIpc) is 2.58. The van der Waals surface area contributed by atoms with Gasteiger partial charge in [0.15, 0.2) is 0 Å². The van der Waals surface area contributed by atoms with Crippen molar-refractivity contribution in [1.82, 2.24) is 14.9 Å². The normalized spacial score (nSPS) is 19.0. The minimum absolute atomic E-state index is 0.00960. The maximum atomic E-state index is 13.3. The van der Waals surface area contributed by atoms with Crippen LogP contribution in [0.2, 0.25) is 0 Å². The van der Waals surface area contributed by atoms with Gasteiger partial charge in [-0.3, -0.25) is 4.79 Å². The minimum atomic E-state index is -3.33. The Morgan fingerprint density at radius 1 is 1.37 bits per heavy atom. The summed E-state index contributed by atoms with van der Waals surface area (Å²) in [5.41, 5.74) is 6.28. The van der Waals surface area contributed by atoms with Crippen molar-refractivity contribution in [2.75, 3.05) is 32.4 Å². The predicted molar refractivity (Wildman–Crippen MR) is 98.7 cm³/mol. The van der Waals surface area contributed by atoms with E-state index in [9.17, 15) is 18.0 Å². The molecular weight excluding hydrogens is 372 g/mol. The number of nitrogens with one attached hydrogen (secondary N) is 2. The fourth-order valence-corrected chi connectivity index (χ4v) is 4.39. The van der Waals surface area contributed by atoms with Crippen LogP contribution in [0, 0.1) is 0 Å². The molecule has 0 saturated carbocycles. The molecule has 3 rings (SSSR count). The number of nitrogens with two attached hydrogens (primary N) is 1. The summed E-state index contributed by atoms with van der Waals surface area (Å²) in [5.74, 6) is 0.337. The Labute approximate surface area is 158 Å². The molecule has 4 N–H and O–H groups in total. The lowest BCUT2D eigenvalue weighted by Crippen LogP contribution is -2.56. The maximum absolute atomic E-state index is 13.3. The molecule has 1 spiro atoms. The number of piperidine rings is 1. The molecule has 1 aromatic rings. The van der Waals surface area contributed by atoms with Crippen LogP contribution in [-0.2, 0) is 26.8 Å². The van der Waals surface area contributed by atoms with Crippen LogP contribution in [0.5, 0.6) is 5.75 Å². The van der Waals surface area contributed by atoms with Crippen molar-refractivity contribution in [3.05, 3.63) is 29.3 Å². The standard InChI is InChI=1S/C17H24N4O5S/c1-27(24,25)20-8-9-21-11-12-10-13(26-16(18)23)2-3-14(12)17(15(21)22)4-6-19-7-5-17/h2-3,10,19-20H,4-9,11H2,1H3,(H2,18,23). The zero-order valence-corrected chi connectivity index (χ0v) is 16.0. The molecule has 2 aliphatic heterocycles. The summed E-state index contributed by atoms with van der Waals surface area (Å²) in [6, 6.07) is 5.22. The van der Waals surface area contributed by atoms with Gasteiger partial charge in [0.05, 0.1) is 11.7 Å². The number of ether oxygens (including phenoxy) is 1. The summed E-state index contributed by atoms with van der Waals surface area (Å²) in [4.78, 5) is 26.0. The molecule has 0 atom stereocenters. The number of benzene rings is 1. The largest absolute Gasteiger partial charge is 0.410 e. The lowest BCUT2D eigenvalue weighted by atomic mass is 9.68. The predicted octanol–water partition coefficient (Wildman–Crippen LogP) is -0.343. The second-order valence-corrected chi connectivity index (χ2v) is 8.80. The molecule has 2 aliphatic rings.